The molecule has 14 nitrogen and oxygen atoms in total. The highest BCUT2D eigenvalue weighted by molar-refractivity contribution is 5.92. The van der Waals surface area contributed by atoms with Crippen molar-refractivity contribution in [3.63, 3.8) is 0 Å². The molecular weight excluding hydrogens is 536 g/mol. The van der Waals surface area contributed by atoms with Gasteiger partial charge in [0.2, 0.25) is 6.29 Å². The van der Waals surface area contributed by atoms with E-state index in [0.29, 0.717) is 0 Å². The molecule has 1 aromatic carbocycles. The quantitative estimate of drug-likeness (QED) is 0.188. The molecule has 1 aliphatic carbocycles. The molecule has 1 unspecified atom stereocenters. The molecule has 0 radical (unpaired) electrons. The summed E-state index contributed by atoms with van der Waals surface area (Å²) in [5, 5.41) is 52.5. The van der Waals surface area contributed by atoms with Gasteiger partial charge in [0.25, 0.3) is 0 Å². The summed E-state index contributed by atoms with van der Waals surface area (Å²) in [4.78, 5) is 38.0. The van der Waals surface area contributed by atoms with Crippen LogP contribution in [0.3, 0.4) is 0 Å². The van der Waals surface area contributed by atoms with E-state index in [-0.39, 0.29) is 12.0 Å². The lowest BCUT2D eigenvalue weighted by molar-refractivity contribution is -0.352. The largest absolute Gasteiger partial charge is 0.471 e. The van der Waals surface area contributed by atoms with Gasteiger partial charge in [-0.05, 0) is 19.1 Å². The third-order valence-corrected chi connectivity index (χ3v) is 7.39. The number of ether oxygens (including phenoxy) is 6. The number of methoxy groups -OCH3 is 1. The first-order valence-electron chi connectivity index (χ1n) is 12.5. The maximum absolute atomic E-state index is 13.0. The minimum Gasteiger partial charge on any atom is -0.471 e. The van der Waals surface area contributed by atoms with E-state index < -0.39 is 90.3 Å². The van der Waals surface area contributed by atoms with Crippen molar-refractivity contribution in [3.05, 3.63) is 47.7 Å². The molecule has 5 N–H and O–H groups in total. The van der Waals surface area contributed by atoms with Crippen LogP contribution in [0.25, 0.3) is 0 Å². The van der Waals surface area contributed by atoms with Gasteiger partial charge in [-0.25, -0.2) is 9.59 Å². The van der Waals surface area contributed by atoms with Crippen LogP contribution in [0.4, 0.5) is 0 Å². The molecule has 2 heterocycles. The van der Waals surface area contributed by atoms with Gasteiger partial charge in [0.05, 0.1) is 25.2 Å². The van der Waals surface area contributed by atoms with Crippen LogP contribution in [0.2, 0.25) is 0 Å². The van der Waals surface area contributed by atoms with Crippen LogP contribution in [0, 0.1) is 5.92 Å². The summed E-state index contributed by atoms with van der Waals surface area (Å²) in [6.45, 7) is 1.79. The van der Waals surface area contributed by atoms with Crippen LogP contribution in [0.5, 0.6) is 0 Å². The highest BCUT2D eigenvalue weighted by atomic mass is 16.8. The molecule has 2 fully saturated rings. The Hall–Kier alpha value is -3.11. The van der Waals surface area contributed by atoms with Crippen molar-refractivity contribution in [2.75, 3.05) is 13.7 Å². The zero-order valence-electron chi connectivity index (χ0n) is 21.9. The molecule has 1 saturated carbocycles. The van der Waals surface area contributed by atoms with Crippen LogP contribution >= 0.6 is 0 Å². The van der Waals surface area contributed by atoms with Gasteiger partial charge in [-0.15, -0.1) is 0 Å². The number of hydrogen-bond acceptors (Lipinski definition) is 14. The molecule has 3 aliphatic rings. The average molecular weight is 569 g/mol. The first-order chi connectivity index (χ1) is 18.9. The van der Waals surface area contributed by atoms with Crippen molar-refractivity contribution >= 4 is 17.9 Å². The Kier molecular flexibility index (Phi) is 8.52. The van der Waals surface area contributed by atoms with Gasteiger partial charge >= 0.3 is 17.9 Å². The summed E-state index contributed by atoms with van der Waals surface area (Å²) in [5.41, 5.74) is -4.43. The van der Waals surface area contributed by atoms with E-state index in [1.54, 1.807) is 18.2 Å². The van der Waals surface area contributed by atoms with E-state index in [4.69, 9.17) is 28.4 Å². The molecule has 0 aromatic heterocycles. The van der Waals surface area contributed by atoms with Crippen molar-refractivity contribution < 1.29 is 68.3 Å². The third kappa shape index (κ3) is 5.19. The highest BCUT2D eigenvalue weighted by Gasteiger charge is 2.71. The summed E-state index contributed by atoms with van der Waals surface area (Å²) >= 11 is 0. The van der Waals surface area contributed by atoms with Gasteiger partial charge in [0.1, 0.15) is 53.6 Å². The SMILES string of the molecule is COC(=O)C1=CO[C@@H](O[C@@H]2O[C@H](CO)[C@@H](O)[C@H](O)[C@H]2O)C2[C@@](C)(OC(C)=O)C[C@@H](OC(=O)c3ccccc3)[C@]12O. The summed E-state index contributed by atoms with van der Waals surface area (Å²) in [7, 11) is 1.06. The molecular formula is C26H32O14. The van der Waals surface area contributed by atoms with Gasteiger partial charge in [-0.1, -0.05) is 18.2 Å². The second-order valence-corrected chi connectivity index (χ2v) is 10.0. The van der Waals surface area contributed by atoms with Crippen molar-refractivity contribution in [1.29, 1.82) is 0 Å². The van der Waals surface area contributed by atoms with Crippen LogP contribution in [-0.2, 0) is 38.0 Å². The normalized spacial score (nSPS) is 38.9. The Morgan fingerprint density at radius 3 is 2.30 bits per heavy atom. The number of aliphatic hydroxyl groups is 5. The number of benzene rings is 1. The molecule has 1 saturated heterocycles. The minimum absolute atomic E-state index is 0.147. The lowest BCUT2D eigenvalue weighted by atomic mass is 9.76. The first-order valence-corrected chi connectivity index (χ1v) is 12.5. The Morgan fingerprint density at radius 1 is 1.02 bits per heavy atom. The van der Waals surface area contributed by atoms with Gasteiger partial charge in [0, 0.05) is 13.3 Å². The fraction of sp³-hybridized carbons (Fsp3) is 0.577. The number of esters is 3. The smallest absolute Gasteiger partial charge is 0.339 e. The van der Waals surface area contributed by atoms with Crippen molar-refractivity contribution in [1.82, 2.24) is 0 Å². The zero-order chi connectivity index (χ0) is 29.4. The maximum atomic E-state index is 13.0. The van der Waals surface area contributed by atoms with E-state index in [1.807, 2.05) is 0 Å². The number of carbonyl (C=O) groups is 3. The first kappa shape index (κ1) is 29.9. The van der Waals surface area contributed by atoms with Gasteiger partial charge in [0.15, 0.2) is 6.29 Å². The number of hydrogen-bond donors (Lipinski definition) is 5. The van der Waals surface area contributed by atoms with Crippen LogP contribution in [0.1, 0.15) is 30.6 Å². The predicted octanol–water partition coefficient (Wildman–Crippen LogP) is -1.49. The summed E-state index contributed by atoms with van der Waals surface area (Å²) in [6.07, 6.45) is -11.0. The molecule has 0 spiro atoms. The zero-order valence-corrected chi connectivity index (χ0v) is 21.9. The number of fused-ring (bicyclic) bond motifs is 1. The van der Waals surface area contributed by atoms with Gasteiger partial charge < -0.3 is 54.0 Å². The Balaban J connectivity index is 1.75. The number of carbonyl (C=O) groups excluding carboxylic acids is 3. The Labute approximate surface area is 228 Å². The molecule has 1 aromatic rings. The summed E-state index contributed by atoms with van der Waals surface area (Å²) in [5.74, 6) is -4.15. The fourth-order valence-corrected chi connectivity index (χ4v) is 5.54. The van der Waals surface area contributed by atoms with Crippen LogP contribution in [0.15, 0.2) is 42.2 Å². The molecule has 14 heteroatoms. The molecule has 0 amide bonds. The Bertz CT molecular complexity index is 1140. The second-order valence-electron chi connectivity index (χ2n) is 10.0. The maximum Gasteiger partial charge on any atom is 0.339 e. The molecule has 2 aliphatic heterocycles. The second kappa shape index (κ2) is 11.4. The molecule has 10 atom stereocenters. The van der Waals surface area contributed by atoms with Gasteiger partial charge in [-0.2, -0.15) is 0 Å². The number of aliphatic hydroxyl groups excluding tert-OH is 4. The summed E-state index contributed by atoms with van der Waals surface area (Å²) in [6, 6.07) is 7.85. The number of rotatable bonds is 7. The van der Waals surface area contributed by atoms with Crippen molar-refractivity contribution in [2.24, 2.45) is 5.92 Å². The predicted molar refractivity (Wildman–Crippen MR) is 129 cm³/mol. The molecule has 40 heavy (non-hydrogen) atoms. The summed E-state index contributed by atoms with van der Waals surface area (Å²) < 4.78 is 32.9. The van der Waals surface area contributed by atoms with E-state index >= 15 is 0 Å². The van der Waals surface area contributed by atoms with E-state index in [9.17, 15) is 39.9 Å². The van der Waals surface area contributed by atoms with E-state index in [1.165, 1.54) is 19.1 Å². The standard InChI is InChI=1S/C26H32O14/c1-12(28)40-25(2)9-16(38-21(32)13-7-5-4-6-8-13)26(34)14(22(33)35-3)11-36-24(20(25)26)39-23-19(31)18(30)17(29)15(10-27)37-23/h4-8,11,15-20,23-24,27,29-31,34H,9-10H2,1-3H3/t15-,16-,17-,18+,19-,20?,23+,24+,25+,26-/m1/s1. The molecule has 220 valence electrons. The van der Waals surface area contributed by atoms with Gasteiger partial charge in [-0.3, -0.25) is 4.79 Å². The third-order valence-electron chi connectivity index (χ3n) is 7.39. The van der Waals surface area contributed by atoms with Crippen molar-refractivity contribution in [2.45, 2.75) is 74.6 Å². The lowest BCUT2D eigenvalue weighted by Gasteiger charge is -2.47. The monoisotopic (exact) mass is 568 g/mol. The van der Waals surface area contributed by atoms with E-state index in [0.717, 1.165) is 20.3 Å². The minimum atomic E-state index is -2.42. The lowest BCUT2D eigenvalue weighted by Crippen LogP contribution is -2.63. The molecule has 0 bridgehead atoms. The van der Waals surface area contributed by atoms with Crippen LogP contribution < -0.4 is 0 Å². The molecule has 4 rings (SSSR count). The highest BCUT2D eigenvalue weighted by Crippen LogP contribution is 2.55. The van der Waals surface area contributed by atoms with Crippen LogP contribution in [-0.4, -0.2) is 111 Å². The fourth-order valence-electron chi connectivity index (χ4n) is 5.54. The van der Waals surface area contributed by atoms with E-state index in [2.05, 4.69) is 0 Å². The van der Waals surface area contributed by atoms with Crippen molar-refractivity contribution in [3.8, 4) is 0 Å². The topological polar surface area (TPSA) is 208 Å². The average Bonchev–Trinajstić information content (AvgIpc) is 3.14. The Morgan fingerprint density at radius 2 is 1.70 bits per heavy atom.